The summed E-state index contributed by atoms with van der Waals surface area (Å²) in [4.78, 5) is 22.7. The summed E-state index contributed by atoms with van der Waals surface area (Å²) in [6, 6.07) is 1.71. The van der Waals surface area contributed by atoms with Crippen molar-refractivity contribution in [1.29, 1.82) is 0 Å². The first kappa shape index (κ1) is 10.7. The Morgan fingerprint density at radius 1 is 1.62 bits per heavy atom. The van der Waals surface area contributed by atoms with Gasteiger partial charge in [0.25, 0.3) is 5.91 Å². The monoisotopic (exact) mass is 222 g/mol. The fourth-order valence-corrected chi connectivity index (χ4v) is 1.69. The SMILES string of the molecule is Cc1cc(C(=O)NC2CCC(=O)NC2)co1. The van der Waals surface area contributed by atoms with Gasteiger partial charge in [-0.2, -0.15) is 0 Å². The summed E-state index contributed by atoms with van der Waals surface area (Å²) in [6.45, 7) is 2.29. The summed E-state index contributed by atoms with van der Waals surface area (Å²) in [7, 11) is 0. The molecule has 0 aromatic carbocycles. The van der Waals surface area contributed by atoms with E-state index in [4.69, 9.17) is 4.42 Å². The zero-order chi connectivity index (χ0) is 11.5. The second kappa shape index (κ2) is 4.38. The molecule has 0 radical (unpaired) electrons. The Kier molecular flexibility index (Phi) is 2.94. The summed E-state index contributed by atoms with van der Waals surface area (Å²) in [5, 5.41) is 5.57. The fourth-order valence-electron chi connectivity index (χ4n) is 1.69. The highest BCUT2D eigenvalue weighted by atomic mass is 16.3. The van der Waals surface area contributed by atoms with Crippen LogP contribution in [-0.4, -0.2) is 24.4 Å². The van der Waals surface area contributed by atoms with Gasteiger partial charge in [0.15, 0.2) is 0 Å². The molecule has 5 nitrogen and oxygen atoms in total. The predicted octanol–water partition coefficient (Wildman–Crippen LogP) is 0.596. The average Bonchev–Trinajstić information content (AvgIpc) is 2.68. The van der Waals surface area contributed by atoms with Crippen LogP contribution in [0.25, 0.3) is 0 Å². The molecule has 1 aromatic rings. The van der Waals surface area contributed by atoms with E-state index in [1.807, 2.05) is 0 Å². The van der Waals surface area contributed by atoms with Gasteiger partial charge in [-0.05, 0) is 19.4 Å². The van der Waals surface area contributed by atoms with E-state index in [1.54, 1.807) is 13.0 Å². The number of carbonyl (C=O) groups excluding carboxylic acids is 2. The van der Waals surface area contributed by atoms with Crippen molar-refractivity contribution in [2.75, 3.05) is 6.54 Å². The van der Waals surface area contributed by atoms with Gasteiger partial charge in [0.2, 0.25) is 5.91 Å². The van der Waals surface area contributed by atoms with E-state index in [1.165, 1.54) is 6.26 Å². The van der Waals surface area contributed by atoms with Crippen molar-refractivity contribution in [1.82, 2.24) is 10.6 Å². The smallest absolute Gasteiger partial charge is 0.254 e. The lowest BCUT2D eigenvalue weighted by Gasteiger charge is -2.23. The summed E-state index contributed by atoms with van der Waals surface area (Å²) < 4.78 is 5.06. The van der Waals surface area contributed by atoms with Crippen LogP contribution >= 0.6 is 0 Å². The summed E-state index contributed by atoms with van der Waals surface area (Å²) in [6.07, 6.45) is 2.59. The third-order valence-electron chi connectivity index (χ3n) is 2.59. The lowest BCUT2D eigenvalue weighted by atomic mass is 10.1. The number of carbonyl (C=O) groups is 2. The highest BCUT2D eigenvalue weighted by molar-refractivity contribution is 5.94. The van der Waals surface area contributed by atoms with Crippen LogP contribution in [0.4, 0.5) is 0 Å². The number of rotatable bonds is 2. The Morgan fingerprint density at radius 3 is 3.00 bits per heavy atom. The molecule has 1 aliphatic rings. The molecule has 1 unspecified atom stereocenters. The Labute approximate surface area is 93.2 Å². The zero-order valence-electron chi connectivity index (χ0n) is 9.08. The van der Waals surface area contributed by atoms with Gasteiger partial charge in [-0.15, -0.1) is 0 Å². The second-order valence-electron chi connectivity index (χ2n) is 3.96. The third kappa shape index (κ3) is 2.42. The summed E-state index contributed by atoms with van der Waals surface area (Å²) in [5.41, 5.74) is 0.523. The van der Waals surface area contributed by atoms with E-state index in [-0.39, 0.29) is 17.9 Å². The molecule has 0 saturated carbocycles. The number of hydrogen-bond donors (Lipinski definition) is 2. The van der Waals surface area contributed by atoms with Crippen LogP contribution in [0.3, 0.4) is 0 Å². The first-order chi connectivity index (χ1) is 7.65. The van der Waals surface area contributed by atoms with Crippen molar-refractivity contribution >= 4 is 11.8 Å². The number of hydrogen-bond acceptors (Lipinski definition) is 3. The molecule has 1 fully saturated rings. The summed E-state index contributed by atoms with van der Waals surface area (Å²) in [5.74, 6) is 0.602. The van der Waals surface area contributed by atoms with Crippen LogP contribution in [0.2, 0.25) is 0 Å². The van der Waals surface area contributed by atoms with Crippen molar-refractivity contribution in [2.24, 2.45) is 0 Å². The first-order valence-corrected chi connectivity index (χ1v) is 5.28. The van der Waals surface area contributed by atoms with Gasteiger partial charge in [0, 0.05) is 19.0 Å². The van der Waals surface area contributed by atoms with Gasteiger partial charge in [0.05, 0.1) is 5.56 Å². The molecule has 2 rings (SSSR count). The molecule has 1 aliphatic heterocycles. The lowest BCUT2D eigenvalue weighted by Crippen LogP contribution is -2.47. The predicted molar refractivity (Wildman–Crippen MR) is 56.9 cm³/mol. The topological polar surface area (TPSA) is 71.3 Å². The molecular weight excluding hydrogens is 208 g/mol. The fraction of sp³-hybridized carbons (Fsp3) is 0.455. The molecule has 2 heterocycles. The van der Waals surface area contributed by atoms with Crippen LogP contribution in [0.5, 0.6) is 0 Å². The Balaban J connectivity index is 1.90. The van der Waals surface area contributed by atoms with E-state index in [0.717, 1.165) is 0 Å². The molecule has 0 spiro atoms. The number of aryl methyl sites for hydroxylation is 1. The minimum Gasteiger partial charge on any atom is -0.469 e. The molecule has 0 aliphatic carbocycles. The minimum atomic E-state index is -0.155. The van der Waals surface area contributed by atoms with E-state index >= 15 is 0 Å². The molecule has 1 aromatic heterocycles. The second-order valence-corrected chi connectivity index (χ2v) is 3.96. The maximum Gasteiger partial charge on any atom is 0.254 e. The van der Waals surface area contributed by atoms with E-state index in [9.17, 15) is 9.59 Å². The maximum atomic E-state index is 11.7. The van der Waals surface area contributed by atoms with Crippen LogP contribution < -0.4 is 10.6 Å². The van der Waals surface area contributed by atoms with E-state index in [2.05, 4.69) is 10.6 Å². The highest BCUT2D eigenvalue weighted by Crippen LogP contribution is 2.08. The van der Waals surface area contributed by atoms with Gasteiger partial charge in [-0.3, -0.25) is 9.59 Å². The normalized spacial score (nSPS) is 20.3. The Hall–Kier alpha value is -1.78. The van der Waals surface area contributed by atoms with Crippen LogP contribution in [0, 0.1) is 6.92 Å². The van der Waals surface area contributed by atoms with Crippen LogP contribution in [0.1, 0.15) is 29.0 Å². The molecule has 0 bridgehead atoms. The van der Waals surface area contributed by atoms with Gasteiger partial charge in [-0.25, -0.2) is 0 Å². The number of amides is 2. The first-order valence-electron chi connectivity index (χ1n) is 5.28. The highest BCUT2D eigenvalue weighted by Gasteiger charge is 2.20. The van der Waals surface area contributed by atoms with Crippen molar-refractivity contribution < 1.29 is 14.0 Å². The van der Waals surface area contributed by atoms with Gasteiger partial charge in [-0.1, -0.05) is 0 Å². The molecule has 1 atom stereocenters. The molecule has 16 heavy (non-hydrogen) atoms. The van der Waals surface area contributed by atoms with Crippen molar-refractivity contribution in [3.05, 3.63) is 23.7 Å². The largest absolute Gasteiger partial charge is 0.469 e. The van der Waals surface area contributed by atoms with Crippen LogP contribution in [0.15, 0.2) is 16.7 Å². The zero-order valence-corrected chi connectivity index (χ0v) is 9.08. The average molecular weight is 222 g/mol. The molecule has 5 heteroatoms. The van der Waals surface area contributed by atoms with E-state index in [0.29, 0.717) is 30.7 Å². The maximum absolute atomic E-state index is 11.7. The molecular formula is C11H14N2O3. The minimum absolute atomic E-state index is 0.0143. The van der Waals surface area contributed by atoms with Crippen molar-refractivity contribution in [2.45, 2.75) is 25.8 Å². The van der Waals surface area contributed by atoms with Gasteiger partial charge >= 0.3 is 0 Å². The molecule has 2 N–H and O–H groups in total. The Bertz CT molecular complexity index is 401. The quantitative estimate of drug-likeness (QED) is 0.769. The number of furan rings is 1. The molecule has 1 saturated heterocycles. The number of piperidine rings is 1. The lowest BCUT2D eigenvalue weighted by molar-refractivity contribution is -0.122. The Morgan fingerprint density at radius 2 is 2.44 bits per heavy atom. The van der Waals surface area contributed by atoms with Crippen LogP contribution in [-0.2, 0) is 4.79 Å². The van der Waals surface area contributed by atoms with Gasteiger partial charge < -0.3 is 15.1 Å². The van der Waals surface area contributed by atoms with Gasteiger partial charge in [0.1, 0.15) is 12.0 Å². The molecule has 86 valence electrons. The third-order valence-corrected chi connectivity index (χ3v) is 2.59. The standard InChI is InChI=1S/C11H14N2O3/c1-7-4-8(6-16-7)11(15)13-9-2-3-10(14)12-5-9/h4,6,9H,2-3,5H2,1H3,(H,12,14)(H,13,15). The number of nitrogens with one attached hydrogen (secondary N) is 2. The molecule has 2 amide bonds. The summed E-state index contributed by atoms with van der Waals surface area (Å²) >= 11 is 0. The van der Waals surface area contributed by atoms with E-state index < -0.39 is 0 Å². The van der Waals surface area contributed by atoms with Crippen molar-refractivity contribution in [3.8, 4) is 0 Å². The van der Waals surface area contributed by atoms with Crippen molar-refractivity contribution in [3.63, 3.8) is 0 Å².